The van der Waals surface area contributed by atoms with Crippen molar-refractivity contribution < 1.29 is 27.6 Å². The van der Waals surface area contributed by atoms with Crippen LogP contribution >= 0.6 is 11.6 Å². The van der Waals surface area contributed by atoms with Gasteiger partial charge in [-0.3, -0.25) is 19.6 Å². The highest BCUT2D eigenvalue weighted by Crippen LogP contribution is 2.43. The van der Waals surface area contributed by atoms with Crippen LogP contribution in [0, 0.1) is 11.7 Å². The quantitative estimate of drug-likeness (QED) is 0.313. The minimum atomic E-state index is -3.79. The van der Waals surface area contributed by atoms with E-state index in [2.05, 4.69) is 14.8 Å². The van der Waals surface area contributed by atoms with Crippen LogP contribution in [0.3, 0.4) is 0 Å². The van der Waals surface area contributed by atoms with E-state index in [-0.39, 0.29) is 35.7 Å². The summed E-state index contributed by atoms with van der Waals surface area (Å²) in [6.07, 6.45) is -0.983. The largest absolute Gasteiger partial charge is 0.378 e. The molecule has 3 aromatic carbocycles. The first kappa shape index (κ1) is 26.6. The Labute approximate surface area is 226 Å². The van der Waals surface area contributed by atoms with Crippen molar-refractivity contribution >= 4 is 34.4 Å². The normalized spacial score (nSPS) is 17.7. The number of benzene rings is 3. The van der Waals surface area contributed by atoms with Crippen molar-refractivity contribution in [2.45, 2.75) is 18.4 Å². The Balaban J connectivity index is 1.39. The Hall–Kier alpha value is -4.02. The summed E-state index contributed by atoms with van der Waals surface area (Å²) < 4.78 is 44.5. The van der Waals surface area contributed by atoms with Gasteiger partial charge in [0.05, 0.1) is 16.5 Å². The van der Waals surface area contributed by atoms with Crippen LogP contribution < -0.4 is 5.48 Å². The highest BCUT2D eigenvalue weighted by atomic mass is 35.5. The predicted molar refractivity (Wildman–Crippen MR) is 138 cm³/mol. The summed E-state index contributed by atoms with van der Waals surface area (Å²) in [5, 5.41) is 0.239. The first-order chi connectivity index (χ1) is 18.7. The zero-order chi connectivity index (χ0) is 27.6. The van der Waals surface area contributed by atoms with Crippen molar-refractivity contribution in [3.63, 3.8) is 0 Å². The van der Waals surface area contributed by atoms with E-state index in [1.165, 1.54) is 59.8 Å². The lowest BCUT2D eigenvalue weighted by Crippen LogP contribution is -2.50. The van der Waals surface area contributed by atoms with Crippen LogP contribution in [0.1, 0.15) is 38.6 Å². The van der Waals surface area contributed by atoms with Crippen LogP contribution in [0.2, 0.25) is 5.02 Å². The summed E-state index contributed by atoms with van der Waals surface area (Å²) in [4.78, 5) is 40.2. The average Bonchev–Trinajstić information content (AvgIpc) is 2.96. The van der Waals surface area contributed by atoms with Gasteiger partial charge in [0.1, 0.15) is 11.3 Å². The van der Waals surface area contributed by atoms with Crippen molar-refractivity contribution in [1.82, 2.24) is 20.3 Å². The number of carbonyl (C=O) groups excluding carboxylic acids is 2. The molecule has 11 heteroatoms. The third-order valence-electron chi connectivity index (χ3n) is 6.72. The van der Waals surface area contributed by atoms with Crippen LogP contribution in [0.4, 0.5) is 13.2 Å². The monoisotopic (exact) mass is 554 g/mol. The minimum absolute atomic E-state index is 0.0110. The number of nitrogens with zero attached hydrogens (tertiary/aromatic N) is 3. The maximum atomic E-state index is 15.4. The standard InChI is InChI=1S/C28H22ClF3N4O3/c29-23-14-19(15-24-25(23)34-12-11-33-24)27(38)36-13-10-22(21(16-36)17-6-8-20(30)9-7-17)28(31,32)39-35-26(37)18-4-2-1-3-5-18/h1-9,11-12,14-15,21-22H,10,13,16H2,(H,35,37)/t21-,22+/m0/s1. The number of hydrogen-bond donors (Lipinski definition) is 1. The van der Waals surface area contributed by atoms with Crippen LogP contribution in [0.5, 0.6) is 0 Å². The molecule has 0 saturated carbocycles. The number of likely N-dealkylation sites (tertiary alicyclic amines) is 1. The van der Waals surface area contributed by atoms with E-state index in [1.807, 2.05) is 5.48 Å². The van der Waals surface area contributed by atoms with Crippen molar-refractivity contribution in [3.05, 3.63) is 107 Å². The fourth-order valence-electron chi connectivity index (χ4n) is 4.76. The zero-order valence-corrected chi connectivity index (χ0v) is 21.1. The fourth-order valence-corrected chi connectivity index (χ4v) is 5.03. The summed E-state index contributed by atoms with van der Waals surface area (Å²) >= 11 is 6.31. The molecular weight excluding hydrogens is 533 g/mol. The Bertz CT molecular complexity index is 1510. The maximum absolute atomic E-state index is 15.4. The number of hydrogen-bond acceptors (Lipinski definition) is 5. The number of aromatic nitrogens is 2. The molecule has 1 fully saturated rings. The third kappa shape index (κ3) is 5.71. The minimum Gasteiger partial charge on any atom is -0.338 e. The van der Waals surface area contributed by atoms with E-state index in [0.717, 1.165) is 0 Å². The van der Waals surface area contributed by atoms with E-state index in [9.17, 15) is 14.0 Å². The Morgan fingerprint density at radius 1 is 1.00 bits per heavy atom. The molecule has 0 spiro atoms. The second-order valence-electron chi connectivity index (χ2n) is 9.15. The lowest BCUT2D eigenvalue weighted by Gasteiger charge is -2.41. The second-order valence-corrected chi connectivity index (χ2v) is 9.55. The Kier molecular flexibility index (Phi) is 7.49. The zero-order valence-electron chi connectivity index (χ0n) is 20.4. The molecule has 1 aromatic heterocycles. The average molecular weight is 555 g/mol. The van der Waals surface area contributed by atoms with Gasteiger partial charge in [0.25, 0.3) is 11.8 Å². The van der Waals surface area contributed by atoms with E-state index in [0.29, 0.717) is 16.6 Å². The molecule has 2 atom stereocenters. The number of piperidine rings is 1. The van der Waals surface area contributed by atoms with Crippen LogP contribution in [-0.4, -0.2) is 45.9 Å². The molecule has 0 unspecified atom stereocenters. The van der Waals surface area contributed by atoms with Gasteiger partial charge >= 0.3 is 6.11 Å². The van der Waals surface area contributed by atoms with Crippen molar-refractivity contribution in [2.75, 3.05) is 13.1 Å². The van der Waals surface area contributed by atoms with Gasteiger partial charge in [-0.05, 0) is 48.4 Å². The first-order valence-electron chi connectivity index (χ1n) is 12.1. The van der Waals surface area contributed by atoms with E-state index < -0.39 is 35.6 Å². The molecule has 7 nitrogen and oxygen atoms in total. The molecule has 1 saturated heterocycles. The molecule has 0 aliphatic carbocycles. The lowest BCUT2D eigenvalue weighted by atomic mass is 9.79. The smallest absolute Gasteiger partial charge is 0.338 e. The third-order valence-corrected chi connectivity index (χ3v) is 7.01. The van der Waals surface area contributed by atoms with Crippen LogP contribution in [0.25, 0.3) is 11.0 Å². The first-order valence-corrected chi connectivity index (χ1v) is 12.5. The number of amides is 2. The number of alkyl halides is 2. The van der Waals surface area contributed by atoms with Gasteiger partial charge in [-0.2, -0.15) is 8.78 Å². The maximum Gasteiger partial charge on any atom is 0.378 e. The van der Waals surface area contributed by atoms with Gasteiger partial charge in [-0.15, -0.1) is 0 Å². The molecule has 2 amide bonds. The van der Waals surface area contributed by atoms with Crippen molar-refractivity contribution in [2.24, 2.45) is 5.92 Å². The number of fused-ring (bicyclic) bond motifs is 1. The van der Waals surface area contributed by atoms with Crippen LogP contribution in [-0.2, 0) is 4.84 Å². The predicted octanol–water partition coefficient (Wildman–Crippen LogP) is 5.62. The summed E-state index contributed by atoms with van der Waals surface area (Å²) in [6.45, 7) is -0.111. The summed E-state index contributed by atoms with van der Waals surface area (Å²) in [7, 11) is 0. The molecular formula is C28H22ClF3N4O3. The SMILES string of the molecule is O=C(NOC(F)(F)[C@@H]1CCN(C(=O)c2cc(Cl)c3nccnc3c2)C[C@H]1c1ccc(F)cc1)c1ccccc1. The van der Waals surface area contributed by atoms with Gasteiger partial charge < -0.3 is 4.90 Å². The Morgan fingerprint density at radius 3 is 2.46 bits per heavy atom. The molecule has 4 aromatic rings. The summed E-state index contributed by atoms with van der Waals surface area (Å²) in [5.41, 5.74) is 3.50. The van der Waals surface area contributed by atoms with E-state index in [4.69, 9.17) is 11.6 Å². The fraction of sp³-hybridized carbons (Fsp3) is 0.214. The van der Waals surface area contributed by atoms with E-state index >= 15 is 8.78 Å². The molecule has 200 valence electrons. The van der Waals surface area contributed by atoms with Gasteiger partial charge in [-0.1, -0.05) is 41.9 Å². The lowest BCUT2D eigenvalue weighted by molar-refractivity contribution is -0.301. The molecule has 1 aliphatic rings. The highest BCUT2D eigenvalue weighted by Gasteiger charge is 2.50. The van der Waals surface area contributed by atoms with Gasteiger partial charge in [0.2, 0.25) is 0 Å². The number of hydroxylamine groups is 1. The number of carbonyl (C=O) groups is 2. The Morgan fingerprint density at radius 2 is 1.72 bits per heavy atom. The topological polar surface area (TPSA) is 84.4 Å². The second kappa shape index (κ2) is 11.0. The molecule has 2 heterocycles. The number of rotatable bonds is 6. The molecule has 5 rings (SSSR count). The van der Waals surface area contributed by atoms with Gasteiger partial charge in [0.15, 0.2) is 0 Å². The van der Waals surface area contributed by atoms with Crippen molar-refractivity contribution in [3.8, 4) is 0 Å². The summed E-state index contributed by atoms with van der Waals surface area (Å²) in [6, 6.07) is 16.0. The summed E-state index contributed by atoms with van der Waals surface area (Å²) in [5.74, 6) is -4.12. The number of nitrogens with one attached hydrogen (secondary N) is 1. The molecule has 1 N–H and O–H groups in total. The molecule has 39 heavy (non-hydrogen) atoms. The van der Waals surface area contributed by atoms with Gasteiger partial charge in [-0.25, -0.2) is 14.7 Å². The molecule has 1 aliphatic heterocycles. The van der Waals surface area contributed by atoms with Gasteiger partial charge in [0, 0.05) is 42.5 Å². The highest BCUT2D eigenvalue weighted by molar-refractivity contribution is 6.35. The molecule has 0 radical (unpaired) electrons. The molecule has 0 bridgehead atoms. The number of halogens is 4. The van der Waals surface area contributed by atoms with E-state index in [1.54, 1.807) is 24.3 Å². The van der Waals surface area contributed by atoms with Crippen molar-refractivity contribution in [1.29, 1.82) is 0 Å². The van der Waals surface area contributed by atoms with Crippen LogP contribution in [0.15, 0.2) is 79.1 Å².